The molecule has 0 fully saturated rings. The molecule has 3 rings (SSSR count). The molecule has 1 aliphatic carbocycles. The molecule has 1 nitrogen and oxygen atoms in total. The summed E-state index contributed by atoms with van der Waals surface area (Å²) in [5, 5.41) is 0. The highest BCUT2D eigenvalue weighted by Gasteiger charge is 2.27. The van der Waals surface area contributed by atoms with E-state index in [4.69, 9.17) is 0 Å². The monoisotopic (exact) mass is 322 g/mol. The first-order chi connectivity index (χ1) is 11.5. The van der Waals surface area contributed by atoms with Gasteiger partial charge in [0, 0.05) is 0 Å². The summed E-state index contributed by atoms with van der Waals surface area (Å²) >= 11 is 0. The molecule has 2 aromatic rings. The van der Waals surface area contributed by atoms with Crippen molar-refractivity contribution in [2.45, 2.75) is 38.0 Å². The second kappa shape index (κ2) is 7.53. The van der Waals surface area contributed by atoms with Gasteiger partial charge in [-0.1, -0.05) is 54.6 Å². The molecule has 0 radical (unpaired) electrons. The predicted octanol–water partition coefficient (Wildman–Crippen LogP) is 5.06. The highest BCUT2D eigenvalue weighted by Crippen LogP contribution is 2.38. The van der Waals surface area contributed by atoms with Gasteiger partial charge in [-0.2, -0.15) is 0 Å². The lowest BCUT2D eigenvalue weighted by Gasteiger charge is -2.33. The van der Waals surface area contributed by atoms with Gasteiger partial charge < -0.3 is 4.48 Å². The molecular weight excluding hydrogens is 290 g/mol. The number of fused-ring (bicyclic) bond motifs is 1. The summed E-state index contributed by atoms with van der Waals surface area (Å²) in [6.45, 7) is 1.26. The molecule has 0 amide bonds. The molecule has 0 spiro atoms. The summed E-state index contributed by atoms with van der Waals surface area (Å²) in [5.41, 5.74) is 4.71. The van der Waals surface area contributed by atoms with Gasteiger partial charge in [0.1, 0.15) is 0 Å². The van der Waals surface area contributed by atoms with Gasteiger partial charge in [-0.3, -0.25) is 0 Å². The molecule has 0 aliphatic heterocycles. The Kier molecular flexibility index (Phi) is 5.40. The second-order valence-electron chi connectivity index (χ2n) is 8.44. The molecule has 0 bridgehead atoms. The van der Waals surface area contributed by atoms with Crippen LogP contribution in [0, 0.1) is 5.92 Å². The number of rotatable bonds is 6. The number of hydrogen-bond acceptors (Lipinski definition) is 0. The van der Waals surface area contributed by atoms with Gasteiger partial charge in [0.15, 0.2) is 0 Å². The third-order valence-corrected chi connectivity index (χ3v) is 5.53. The molecule has 1 heteroatoms. The highest BCUT2D eigenvalue weighted by molar-refractivity contribution is 5.31. The smallest absolute Gasteiger partial charge is 0.0780 e. The van der Waals surface area contributed by atoms with E-state index >= 15 is 0 Å². The minimum absolute atomic E-state index is 0.700. The molecule has 2 atom stereocenters. The van der Waals surface area contributed by atoms with Crippen LogP contribution in [0.1, 0.15) is 41.9 Å². The molecule has 2 unspecified atom stereocenters. The Balaban J connectivity index is 1.75. The lowest BCUT2D eigenvalue weighted by Crippen LogP contribution is -2.35. The number of hydrogen-bond donors (Lipinski definition) is 0. The minimum Gasteiger partial charge on any atom is -0.331 e. The number of benzene rings is 2. The molecule has 128 valence electrons. The Morgan fingerprint density at radius 2 is 1.58 bits per heavy atom. The second-order valence-corrected chi connectivity index (χ2v) is 8.44. The summed E-state index contributed by atoms with van der Waals surface area (Å²) < 4.78 is 1.06. The molecular formula is C23H32N+. The Morgan fingerprint density at radius 1 is 0.917 bits per heavy atom. The third-order valence-electron chi connectivity index (χ3n) is 5.53. The summed E-state index contributed by atoms with van der Waals surface area (Å²) in [6.07, 6.45) is 6.45. The minimum atomic E-state index is 0.700. The number of nitrogens with zero attached hydrogens (tertiary/aromatic N) is 1. The zero-order valence-corrected chi connectivity index (χ0v) is 15.5. The molecule has 0 heterocycles. The van der Waals surface area contributed by atoms with E-state index in [2.05, 4.69) is 75.7 Å². The Bertz CT molecular complexity index is 639. The fourth-order valence-electron chi connectivity index (χ4n) is 4.23. The van der Waals surface area contributed by atoms with Gasteiger partial charge in [-0.05, 0) is 60.6 Å². The van der Waals surface area contributed by atoms with E-state index in [9.17, 15) is 0 Å². The van der Waals surface area contributed by atoms with Crippen LogP contribution in [-0.4, -0.2) is 32.2 Å². The van der Waals surface area contributed by atoms with E-state index in [1.807, 2.05) is 0 Å². The van der Waals surface area contributed by atoms with Crippen molar-refractivity contribution >= 4 is 0 Å². The number of aryl methyl sites for hydroxylation is 1. The van der Waals surface area contributed by atoms with Gasteiger partial charge in [-0.15, -0.1) is 0 Å². The van der Waals surface area contributed by atoms with Crippen LogP contribution in [0.15, 0.2) is 54.6 Å². The van der Waals surface area contributed by atoms with Crippen molar-refractivity contribution in [1.82, 2.24) is 0 Å². The molecule has 2 aromatic carbocycles. The Morgan fingerprint density at radius 3 is 2.29 bits per heavy atom. The largest absolute Gasteiger partial charge is 0.331 e. The first-order valence-corrected chi connectivity index (χ1v) is 9.45. The van der Waals surface area contributed by atoms with Crippen LogP contribution in [0.2, 0.25) is 0 Å². The summed E-state index contributed by atoms with van der Waals surface area (Å²) in [7, 11) is 6.90. The molecule has 0 saturated carbocycles. The number of quaternary nitrogens is 1. The lowest BCUT2D eigenvalue weighted by molar-refractivity contribution is -0.870. The van der Waals surface area contributed by atoms with Crippen LogP contribution < -0.4 is 0 Å². The van der Waals surface area contributed by atoms with Crippen LogP contribution in [0.5, 0.6) is 0 Å². The highest BCUT2D eigenvalue weighted by atomic mass is 15.3. The van der Waals surface area contributed by atoms with Crippen molar-refractivity contribution in [3.05, 3.63) is 71.3 Å². The lowest BCUT2D eigenvalue weighted by atomic mass is 9.73. The van der Waals surface area contributed by atoms with Gasteiger partial charge in [0.2, 0.25) is 0 Å². The standard InChI is InChI=1S/C23H32N/c1-24(2,3)17-9-14-23(20-11-5-4-6-12-20)22-16-15-19-10-7-8-13-21(19)18-22/h4-8,10-13,22-23H,9,14-18H2,1-3H3/q+1. The molecule has 1 aliphatic rings. The van der Waals surface area contributed by atoms with Crippen LogP contribution in [0.25, 0.3) is 0 Å². The van der Waals surface area contributed by atoms with Crippen molar-refractivity contribution in [2.75, 3.05) is 27.7 Å². The van der Waals surface area contributed by atoms with Crippen LogP contribution in [-0.2, 0) is 12.8 Å². The van der Waals surface area contributed by atoms with Gasteiger partial charge in [0.05, 0.1) is 27.7 Å². The average molecular weight is 323 g/mol. The quantitative estimate of drug-likeness (QED) is 0.652. The van der Waals surface area contributed by atoms with Gasteiger partial charge in [-0.25, -0.2) is 0 Å². The topological polar surface area (TPSA) is 0 Å². The SMILES string of the molecule is C[N+](C)(C)CCCC(c1ccccc1)C1CCc2ccccc2C1. The fourth-order valence-corrected chi connectivity index (χ4v) is 4.23. The summed E-state index contributed by atoms with van der Waals surface area (Å²) in [4.78, 5) is 0. The normalized spacial score (nSPS) is 18.9. The fraction of sp³-hybridized carbons (Fsp3) is 0.478. The van der Waals surface area contributed by atoms with Gasteiger partial charge in [0.25, 0.3) is 0 Å². The first-order valence-electron chi connectivity index (χ1n) is 9.45. The van der Waals surface area contributed by atoms with E-state index < -0.39 is 0 Å². The van der Waals surface area contributed by atoms with Crippen LogP contribution >= 0.6 is 0 Å². The van der Waals surface area contributed by atoms with Crippen molar-refractivity contribution in [1.29, 1.82) is 0 Å². The average Bonchev–Trinajstić information content (AvgIpc) is 2.58. The van der Waals surface area contributed by atoms with Crippen LogP contribution in [0.3, 0.4) is 0 Å². The van der Waals surface area contributed by atoms with E-state index in [1.165, 1.54) is 38.6 Å². The Hall–Kier alpha value is -1.60. The maximum Gasteiger partial charge on any atom is 0.0780 e. The Labute approximate surface area is 147 Å². The van der Waals surface area contributed by atoms with Crippen molar-refractivity contribution < 1.29 is 4.48 Å². The van der Waals surface area contributed by atoms with E-state index in [0.717, 1.165) is 10.4 Å². The zero-order valence-electron chi connectivity index (χ0n) is 15.5. The first kappa shape index (κ1) is 17.2. The zero-order chi connectivity index (χ0) is 17.0. The maximum atomic E-state index is 2.34. The van der Waals surface area contributed by atoms with Gasteiger partial charge >= 0.3 is 0 Å². The predicted molar refractivity (Wildman–Crippen MR) is 103 cm³/mol. The van der Waals surface area contributed by atoms with Crippen molar-refractivity contribution in [2.24, 2.45) is 5.92 Å². The maximum absolute atomic E-state index is 2.34. The third kappa shape index (κ3) is 4.48. The van der Waals surface area contributed by atoms with Crippen molar-refractivity contribution in [3.63, 3.8) is 0 Å². The van der Waals surface area contributed by atoms with E-state index in [0.29, 0.717) is 5.92 Å². The van der Waals surface area contributed by atoms with Crippen LogP contribution in [0.4, 0.5) is 0 Å². The van der Waals surface area contributed by atoms with Crippen molar-refractivity contribution in [3.8, 4) is 0 Å². The molecule has 0 aromatic heterocycles. The summed E-state index contributed by atoms with van der Waals surface area (Å²) in [6, 6.07) is 20.3. The molecule has 0 saturated heterocycles. The van der Waals surface area contributed by atoms with E-state index in [1.54, 1.807) is 16.7 Å². The molecule has 24 heavy (non-hydrogen) atoms. The van der Waals surface area contributed by atoms with E-state index in [-0.39, 0.29) is 0 Å². The molecule has 0 N–H and O–H groups in total. The summed E-state index contributed by atoms with van der Waals surface area (Å²) in [5.74, 6) is 1.49.